The van der Waals surface area contributed by atoms with Gasteiger partial charge in [-0.3, -0.25) is 9.78 Å². The van der Waals surface area contributed by atoms with Crippen molar-refractivity contribution in [3.63, 3.8) is 0 Å². The van der Waals surface area contributed by atoms with Crippen LogP contribution in [0.15, 0.2) is 48.3 Å². The molecule has 1 N–H and O–H groups in total. The normalized spacial score (nSPS) is 15.2. The van der Waals surface area contributed by atoms with E-state index in [9.17, 15) is 9.90 Å². The number of nitrogens with zero attached hydrogens (tertiary/aromatic N) is 1. The molecule has 19 heavy (non-hydrogen) atoms. The maximum atomic E-state index is 12.2. The average Bonchev–Trinajstić information content (AvgIpc) is 2.70. The molecule has 0 amide bonds. The topological polar surface area (TPSA) is 50.2 Å². The number of aromatic nitrogens is 1. The van der Waals surface area contributed by atoms with E-state index in [4.69, 9.17) is 0 Å². The number of carbonyl (C=O) groups is 1. The van der Waals surface area contributed by atoms with Crippen LogP contribution in [0.1, 0.15) is 21.5 Å². The highest BCUT2D eigenvalue weighted by Crippen LogP contribution is 2.33. The predicted octanol–water partition coefficient (Wildman–Crippen LogP) is 3.03. The number of halogens is 1. The minimum Gasteiger partial charge on any atom is -0.508 e. The van der Waals surface area contributed by atoms with Crippen LogP contribution >= 0.6 is 12.4 Å². The molecule has 0 saturated heterocycles. The first-order valence-corrected chi connectivity index (χ1v) is 5.72. The van der Waals surface area contributed by atoms with Crippen molar-refractivity contribution in [2.75, 3.05) is 0 Å². The van der Waals surface area contributed by atoms with Gasteiger partial charge in [0.05, 0.1) is 0 Å². The SMILES string of the molecule is Cl.O=C1/C(=C/c2ccncc2)Cc2c(O)cccc21. The molecular formula is C15H12ClNO2. The number of benzene rings is 1. The third-order valence-corrected chi connectivity index (χ3v) is 3.10. The standard InChI is InChI=1S/C15H11NO2.ClH/c17-14-3-1-2-12-13(14)9-11(15(12)18)8-10-4-6-16-7-5-10;/h1-8,17H,9H2;1H/b11-8+;. The molecule has 0 radical (unpaired) electrons. The van der Waals surface area contributed by atoms with Gasteiger partial charge < -0.3 is 5.11 Å². The molecule has 0 fully saturated rings. The molecule has 3 rings (SSSR count). The van der Waals surface area contributed by atoms with E-state index < -0.39 is 0 Å². The fourth-order valence-corrected chi connectivity index (χ4v) is 2.19. The molecule has 1 aliphatic carbocycles. The maximum absolute atomic E-state index is 12.2. The molecule has 0 spiro atoms. The molecule has 2 aromatic rings. The Balaban J connectivity index is 0.00000133. The smallest absolute Gasteiger partial charge is 0.189 e. The van der Waals surface area contributed by atoms with Crippen LogP contribution in [0.4, 0.5) is 0 Å². The maximum Gasteiger partial charge on any atom is 0.189 e. The molecule has 0 bridgehead atoms. The molecule has 3 nitrogen and oxygen atoms in total. The van der Waals surface area contributed by atoms with Gasteiger partial charge in [0, 0.05) is 35.5 Å². The van der Waals surface area contributed by atoms with Gasteiger partial charge in [0.2, 0.25) is 0 Å². The van der Waals surface area contributed by atoms with E-state index in [1.165, 1.54) is 0 Å². The van der Waals surface area contributed by atoms with Crippen LogP contribution in [-0.4, -0.2) is 15.9 Å². The zero-order valence-electron chi connectivity index (χ0n) is 10.0. The highest BCUT2D eigenvalue weighted by Gasteiger charge is 2.26. The van der Waals surface area contributed by atoms with Crippen LogP contribution in [0.25, 0.3) is 6.08 Å². The fourth-order valence-electron chi connectivity index (χ4n) is 2.19. The molecule has 0 aliphatic heterocycles. The van der Waals surface area contributed by atoms with Crippen molar-refractivity contribution in [1.82, 2.24) is 4.98 Å². The lowest BCUT2D eigenvalue weighted by atomic mass is 10.1. The molecule has 1 heterocycles. The van der Waals surface area contributed by atoms with Crippen molar-refractivity contribution >= 4 is 24.3 Å². The molecule has 0 unspecified atom stereocenters. The fraction of sp³-hybridized carbons (Fsp3) is 0.0667. The highest BCUT2D eigenvalue weighted by atomic mass is 35.5. The second kappa shape index (κ2) is 5.24. The van der Waals surface area contributed by atoms with Gasteiger partial charge in [-0.2, -0.15) is 0 Å². The Kier molecular flexibility index (Phi) is 3.67. The molecule has 1 aliphatic rings. The van der Waals surface area contributed by atoms with Crippen molar-refractivity contribution in [3.05, 3.63) is 65.0 Å². The zero-order valence-corrected chi connectivity index (χ0v) is 10.9. The van der Waals surface area contributed by atoms with Gasteiger partial charge in [0.1, 0.15) is 5.75 Å². The summed E-state index contributed by atoms with van der Waals surface area (Å²) in [4.78, 5) is 16.1. The number of phenols is 1. The second-order valence-electron chi connectivity index (χ2n) is 4.26. The summed E-state index contributed by atoms with van der Waals surface area (Å²) in [5.74, 6) is 0.191. The van der Waals surface area contributed by atoms with Crippen LogP contribution in [0.2, 0.25) is 0 Å². The number of carbonyl (C=O) groups excluding carboxylic acids is 1. The van der Waals surface area contributed by atoms with Gasteiger partial charge >= 0.3 is 0 Å². The first kappa shape index (κ1) is 13.3. The summed E-state index contributed by atoms with van der Waals surface area (Å²) in [7, 11) is 0. The van der Waals surface area contributed by atoms with E-state index in [0.717, 1.165) is 11.1 Å². The predicted molar refractivity (Wildman–Crippen MR) is 75.6 cm³/mol. The molecule has 0 atom stereocenters. The Labute approximate surface area is 117 Å². The molecule has 4 heteroatoms. The molecular weight excluding hydrogens is 262 g/mol. The Morgan fingerprint density at radius 1 is 1.16 bits per heavy atom. The summed E-state index contributed by atoms with van der Waals surface area (Å²) < 4.78 is 0. The number of Topliss-reactive ketones (excluding diaryl/α,β-unsaturated/α-hetero) is 1. The number of fused-ring (bicyclic) bond motifs is 1. The molecule has 0 saturated carbocycles. The van der Waals surface area contributed by atoms with E-state index >= 15 is 0 Å². The number of pyridine rings is 1. The second-order valence-corrected chi connectivity index (χ2v) is 4.26. The summed E-state index contributed by atoms with van der Waals surface area (Å²) in [6.45, 7) is 0. The van der Waals surface area contributed by atoms with Gasteiger partial charge in [0.25, 0.3) is 0 Å². The first-order valence-electron chi connectivity index (χ1n) is 5.72. The Morgan fingerprint density at radius 3 is 2.58 bits per heavy atom. The quantitative estimate of drug-likeness (QED) is 0.813. The van der Waals surface area contributed by atoms with Gasteiger partial charge in [-0.05, 0) is 29.8 Å². The lowest BCUT2D eigenvalue weighted by Crippen LogP contribution is -1.94. The minimum atomic E-state index is -0.00212. The van der Waals surface area contributed by atoms with Gasteiger partial charge in [0.15, 0.2) is 5.78 Å². The largest absolute Gasteiger partial charge is 0.508 e. The van der Waals surface area contributed by atoms with E-state index in [-0.39, 0.29) is 23.9 Å². The number of phenolic OH excluding ortho intramolecular Hbond substituents is 1. The summed E-state index contributed by atoms with van der Waals surface area (Å²) >= 11 is 0. The van der Waals surface area contributed by atoms with Crippen LogP contribution in [0, 0.1) is 0 Å². The number of allylic oxidation sites excluding steroid dienone is 1. The lowest BCUT2D eigenvalue weighted by molar-refractivity contribution is 0.104. The molecule has 1 aromatic carbocycles. The Bertz CT molecular complexity index is 650. The number of aromatic hydroxyl groups is 1. The molecule has 96 valence electrons. The van der Waals surface area contributed by atoms with Gasteiger partial charge in [-0.1, -0.05) is 12.1 Å². The van der Waals surface area contributed by atoms with E-state index in [1.54, 1.807) is 30.6 Å². The van der Waals surface area contributed by atoms with Crippen molar-refractivity contribution < 1.29 is 9.90 Å². The summed E-state index contributed by atoms with van der Waals surface area (Å²) in [6, 6.07) is 8.76. The van der Waals surface area contributed by atoms with Crippen molar-refractivity contribution in [2.24, 2.45) is 0 Å². The molecule has 1 aromatic heterocycles. The third kappa shape index (κ3) is 2.37. The van der Waals surface area contributed by atoms with Crippen LogP contribution in [0.3, 0.4) is 0 Å². The number of ketones is 1. The Morgan fingerprint density at radius 2 is 1.89 bits per heavy atom. The van der Waals surface area contributed by atoms with Crippen LogP contribution < -0.4 is 0 Å². The number of hydrogen-bond donors (Lipinski definition) is 1. The van der Waals surface area contributed by atoms with Crippen LogP contribution in [0.5, 0.6) is 5.75 Å². The van der Waals surface area contributed by atoms with Crippen molar-refractivity contribution in [2.45, 2.75) is 6.42 Å². The minimum absolute atomic E-state index is 0. The summed E-state index contributed by atoms with van der Waals surface area (Å²) in [5, 5.41) is 9.74. The number of rotatable bonds is 1. The first-order chi connectivity index (χ1) is 8.75. The van der Waals surface area contributed by atoms with Gasteiger partial charge in [-0.15, -0.1) is 12.4 Å². The highest BCUT2D eigenvalue weighted by molar-refractivity contribution is 6.16. The van der Waals surface area contributed by atoms with Crippen molar-refractivity contribution in [1.29, 1.82) is 0 Å². The van der Waals surface area contributed by atoms with Crippen molar-refractivity contribution in [3.8, 4) is 5.75 Å². The monoisotopic (exact) mass is 273 g/mol. The van der Waals surface area contributed by atoms with E-state index in [2.05, 4.69) is 4.98 Å². The van der Waals surface area contributed by atoms with E-state index in [0.29, 0.717) is 17.6 Å². The van der Waals surface area contributed by atoms with E-state index in [1.807, 2.05) is 18.2 Å². The third-order valence-electron chi connectivity index (χ3n) is 3.10. The zero-order chi connectivity index (χ0) is 12.5. The summed E-state index contributed by atoms with van der Waals surface area (Å²) in [6.07, 6.45) is 5.72. The lowest BCUT2D eigenvalue weighted by Gasteiger charge is -1.97. The number of hydrogen-bond acceptors (Lipinski definition) is 3. The average molecular weight is 274 g/mol. The van der Waals surface area contributed by atoms with Crippen LogP contribution in [-0.2, 0) is 6.42 Å². The summed E-state index contributed by atoms with van der Waals surface area (Å²) in [5.41, 5.74) is 2.98. The Hall–Kier alpha value is -2.13. The van der Waals surface area contributed by atoms with Gasteiger partial charge in [-0.25, -0.2) is 0 Å².